The third-order valence-electron chi connectivity index (χ3n) is 4.24. The summed E-state index contributed by atoms with van der Waals surface area (Å²) in [5.41, 5.74) is 0.820. The maximum atomic E-state index is 12.8. The zero-order chi connectivity index (χ0) is 25.4. The molecule has 0 saturated heterocycles. The van der Waals surface area contributed by atoms with Gasteiger partial charge in [0.25, 0.3) is 0 Å². The van der Waals surface area contributed by atoms with E-state index in [0.29, 0.717) is 5.69 Å². The number of carbonyl (C=O) groups excluding carboxylic acids is 3. The molecule has 2 aromatic carbocycles. The Balaban J connectivity index is 2.06. The van der Waals surface area contributed by atoms with Crippen molar-refractivity contribution < 1.29 is 28.6 Å². The van der Waals surface area contributed by atoms with Gasteiger partial charge in [0.1, 0.15) is 23.9 Å². The number of alkyl carbamates (subject to hydrolysis) is 1. The van der Waals surface area contributed by atoms with Crippen LogP contribution in [0.2, 0.25) is 0 Å². The molecule has 0 aliphatic heterocycles. The minimum atomic E-state index is -0.955. The van der Waals surface area contributed by atoms with Crippen LogP contribution in [-0.4, -0.2) is 35.4 Å². The number of hydrogen-bond acceptors (Lipinski definition) is 6. The van der Waals surface area contributed by atoms with Gasteiger partial charge >= 0.3 is 18.2 Å². The average Bonchev–Trinajstić information content (AvgIpc) is 2.71. The second-order valence-corrected chi connectivity index (χ2v) is 9.82. The van der Waals surface area contributed by atoms with Gasteiger partial charge in [0.2, 0.25) is 0 Å². The molecule has 0 bridgehead atoms. The van der Waals surface area contributed by atoms with E-state index in [1.54, 1.807) is 65.8 Å². The van der Waals surface area contributed by atoms with Crippen molar-refractivity contribution in [2.75, 3.05) is 5.32 Å². The van der Waals surface area contributed by atoms with Crippen molar-refractivity contribution in [3.05, 3.63) is 65.7 Å². The van der Waals surface area contributed by atoms with Crippen LogP contribution in [0.1, 0.15) is 52.7 Å². The Morgan fingerprint density at radius 1 is 0.765 bits per heavy atom. The normalized spacial score (nSPS) is 12.3. The maximum absolute atomic E-state index is 12.8. The predicted octanol–water partition coefficient (Wildman–Crippen LogP) is 5.21. The van der Waals surface area contributed by atoms with Crippen LogP contribution in [0.25, 0.3) is 0 Å². The molecule has 0 aliphatic carbocycles. The van der Waals surface area contributed by atoms with Crippen molar-refractivity contribution in [1.82, 2.24) is 5.32 Å². The fourth-order valence-electron chi connectivity index (χ4n) is 2.85. The zero-order valence-corrected chi connectivity index (χ0v) is 20.6. The zero-order valence-electron chi connectivity index (χ0n) is 20.6. The van der Waals surface area contributed by atoms with Gasteiger partial charge in [-0.1, -0.05) is 42.5 Å². The molecule has 0 heterocycles. The van der Waals surface area contributed by atoms with Crippen LogP contribution in [0, 0.1) is 0 Å². The summed E-state index contributed by atoms with van der Waals surface area (Å²) in [6.45, 7) is 10.7. The highest BCUT2D eigenvalue weighted by molar-refractivity contribution is 5.85. The van der Waals surface area contributed by atoms with Crippen LogP contribution in [0.15, 0.2) is 54.6 Å². The van der Waals surface area contributed by atoms with E-state index in [4.69, 9.17) is 14.2 Å². The standard InChI is InChI=1S/C26H34N2O6/c1-25(2,3)33-23(30)27-20-14-12-18(13-15-20)16-21(28-24(31)34-26(4,5)6)22(29)32-17-19-10-8-7-9-11-19/h7-15,21H,16-17H2,1-6H3,(H,27,30)(H,28,31)/t21-/m0/s1. The fraction of sp³-hybridized carbons (Fsp3) is 0.423. The molecule has 0 spiro atoms. The third-order valence-corrected chi connectivity index (χ3v) is 4.24. The van der Waals surface area contributed by atoms with Gasteiger partial charge in [-0.2, -0.15) is 0 Å². The largest absolute Gasteiger partial charge is 0.459 e. The lowest BCUT2D eigenvalue weighted by Gasteiger charge is -2.23. The van der Waals surface area contributed by atoms with Gasteiger partial charge in [0.15, 0.2) is 0 Å². The Bertz CT molecular complexity index is 960. The number of hydrogen-bond donors (Lipinski definition) is 2. The van der Waals surface area contributed by atoms with E-state index in [9.17, 15) is 14.4 Å². The van der Waals surface area contributed by atoms with Gasteiger partial charge in [-0.3, -0.25) is 5.32 Å². The van der Waals surface area contributed by atoms with Gasteiger partial charge in [0, 0.05) is 12.1 Å². The first kappa shape index (κ1) is 26.7. The highest BCUT2D eigenvalue weighted by atomic mass is 16.6. The molecule has 2 amide bonds. The van der Waals surface area contributed by atoms with Crippen LogP contribution < -0.4 is 10.6 Å². The number of rotatable bonds is 7. The molecule has 0 radical (unpaired) electrons. The Morgan fingerprint density at radius 2 is 1.32 bits per heavy atom. The summed E-state index contributed by atoms with van der Waals surface area (Å²) in [6.07, 6.45) is -1.09. The number of carbonyl (C=O) groups is 3. The quantitative estimate of drug-likeness (QED) is 0.425. The van der Waals surface area contributed by atoms with Crippen LogP contribution >= 0.6 is 0 Å². The smallest absolute Gasteiger partial charge is 0.412 e. The Hall–Kier alpha value is -3.55. The summed E-state index contributed by atoms with van der Waals surface area (Å²) in [6, 6.07) is 15.2. The van der Waals surface area contributed by atoms with E-state index >= 15 is 0 Å². The molecule has 8 nitrogen and oxygen atoms in total. The van der Waals surface area contributed by atoms with E-state index in [1.165, 1.54) is 0 Å². The summed E-state index contributed by atoms with van der Waals surface area (Å²) in [4.78, 5) is 37.1. The van der Waals surface area contributed by atoms with Gasteiger partial charge in [-0.15, -0.1) is 0 Å². The SMILES string of the molecule is CC(C)(C)OC(=O)Nc1ccc(C[C@H](NC(=O)OC(C)(C)C)C(=O)OCc2ccccc2)cc1. The van der Waals surface area contributed by atoms with Gasteiger partial charge in [0.05, 0.1) is 0 Å². The van der Waals surface area contributed by atoms with Crippen LogP contribution in [0.4, 0.5) is 15.3 Å². The van der Waals surface area contributed by atoms with E-state index in [2.05, 4.69) is 10.6 Å². The van der Waals surface area contributed by atoms with Crippen molar-refractivity contribution >= 4 is 23.8 Å². The molecule has 0 aromatic heterocycles. The third kappa shape index (κ3) is 10.4. The van der Waals surface area contributed by atoms with Crippen molar-refractivity contribution in [3.8, 4) is 0 Å². The molecule has 0 unspecified atom stereocenters. The Morgan fingerprint density at radius 3 is 1.88 bits per heavy atom. The topological polar surface area (TPSA) is 103 Å². The fourth-order valence-corrected chi connectivity index (χ4v) is 2.85. The second-order valence-electron chi connectivity index (χ2n) is 9.82. The predicted molar refractivity (Wildman–Crippen MR) is 129 cm³/mol. The number of ether oxygens (including phenoxy) is 3. The lowest BCUT2D eigenvalue weighted by atomic mass is 10.1. The number of anilines is 1. The number of benzene rings is 2. The van der Waals surface area contributed by atoms with Gasteiger partial charge in [-0.05, 0) is 64.8 Å². The van der Waals surface area contributed by atoms with Crippen molar-refractivity contribution in [2.45, 2.75) is 71.8 Å². The summed E-state index contributed by atoms with van der Waals surface area (Å²) in [7, 11) is 0. The molecule has 0 fully saturated rings. The molecule has 2 rings (SSSR count). The van der Waals surface area contributed by atoms with Crippen LogP contribution in [0.5, 0.6) is 0 Å². The Labute approximate surface area is 201 Å². The van der Waals surface area contributed by atoms with E-state index in [0.717, 1.165) is 11.1 Å². The number of esters is 1. The molecule has 8 heteroatoms. The molecule has 184 valence electrons. The summed E-state index contributed by atoms with van der Waals surface area (Å²) < 4.78 is 16.0. The summed E-state index contributed by atoms with van der Waals surface area (Å²) in [5, 5.41) is 5.26. The second kappa shape index (κ2) is 11.5. The van der Waals surface area contributed by atoms with E-state index in [-0.39, 0.29) is 13.0 Å². The molecule has 1 atom stereocenters. The molecular weight excluding hydrogens is 436 g/mol. The first-order valence-electron chi connectivity index (χ1n) is 11.1. The summed E-state index contributed by atoms with van der Waals surface area (Å²) in [5.74, 6) is -0.578. The first-order valence-corrected chi connectivity index (χ1v) is 11.1. The number of nitrogens with one attached hydrogen (secondary N) is 2. The first-order chi connectivity index (χ1) is 15.8. The highest BCUT2D eigenvalue weighted by Gasteiger charge is 2.26. The molecule has 34 heavy (non-hydrogen) atoms. The van der Waals surface area contributed by atoms with Crippen molar-refractivity contribution in [2.24, 2.45) is 0 Å². The maximum Gasteiger partial charge on any atom is 0.412 e. The molecule has 0 saturated carbocycles. The molecule has 0 aliphatic rings. The van der Waals surface area contributed by atoms with Gasteiger partial charge < -0.3 is 19.5 Å². The number of amides is 2. The summed E-state index contributed by atoms with van der Waals surface area (Å²) >= 11 is 0. The minimum Gasteiger partial charge on any atom is -0.459 e. The van der Waals surface area contributed by atoms with E-state index in [1.807, 2.05) is 30.3 Å². The highest BCUT2D eigenvalue weighted by Crippen LogP contribution is 2.15. The minimum absolute atomic E-state index is 0.0882. The molecular formula is C26H34N2O6. The van der Waals surface area contributed by atoms with Crippen molar-refractivity contribution in [1.29, 1.82) is 0 Å². The molecule has 2 N–H and O–H groups in total. The average molecular weight is 471 g/mol. The lowest BCUT2D eigenvalue weighted by molar-refractivity contribution is -0.147. The van der Waals surface area contributed by atoms with Gasteiger partial charge in [-0.25, -0.2) is 14.4 Å². The van der Waals surface area contributed by atoms with Crippen LogP contribution in [-0.2, 0) is 32.0 Å². The molecule has 2 aromatic rings. The Kier molecular flexibility index (Phi) is 9.06. The monoisotopic (exact) mass is 470 g/mol. The van der Waals surface area contributed by atoms with Crippen LogP contribution in [0.3, 0.4) is 0 Å². The lowest BCUT2D eigenvalue weighted by Crippen LogP contribution is -2.45. The van der Waals surface area contributed by atoms with E-state index < -0.39 is 35.4 Å². The van der Waals surface area contributed by atoms with Crippen molar-refractivity contribution in [3.63, 3.8) is 0 Å².